The first-order valence-electron chi connectivity index (χ1n) is 9.75. The van der Waals surface area contributed by atoms with E-state index in [0.717, 1.165) is 20.6 Å². The van der Waals surface area contributed by atoms with E-state index in [9.17, 15) is 19.2 Å². The Morgan fingerprint density at radius 1 is 1.19 bits per heavy atom. The van der Waals surface area contributed by atoms with Crippen molar-refractivity contribution in [1.82, 2.24) is 10.4 Å². The average molecular weight is 523 g/mol. The van der Waals surface area contributed by atoms with Gasteiger partial charge in [-0.05, 0) is 49.2 Å². The Morgan fingerprint density at radius 2 is 1.91 bits per heavy atom. The number of nitrogens with zero attached hydrogens (tertiary/aromatic N) is 1. The predicted octanol–water partition coefficient (Wildman–Crippen LogP) is 3.39. The molecular formula is C22H21BrClN3O5. The molecule has 0 spiro atoms. The molecule has 1 atom stereocenters. The van der Waals surface area contributed by atoms with Crippen molar-refractivity contribution in [3.05, 3.63) is 62.6 Å². The molecule has 1 aliphatic heterocycles. The van der Waals surface area contributed by atoms with E-state index < -0.39 is 36.2 Å². The van der Waals surface area contributed by atoms with Crippen molar-refractivity contribution in [2.24, 2.45) is 5.92 Å². The normalized spacial score (nSPS) is 15.4. The highest BCUT2D eigenvalue weighted by Gasteiger charge is 2.37. The van der Waals surface area contributed by atoms with Gasteiger partial charge in [-0.25, -0.2) is 0 Å². The smallest absolute Gasteiger partial charge is 0.311 e. The predicted molar refractivity (Wildman–Crippen MR) is 122 cm³/mol. The zero-order chi connectivity index (χ0) is 23.4. The standard InChI is InChI=1S/C22H21BrClN3O5/c1-12-8-18(13(2)7-16(12)23)25-19(28)11-32-22(31)14-9-20(29)27(10-14)26-21(30)15-5-3-4-6-17(15)24/h3-8,14H,9-11H2,1-2H3,(H,25,28)(H,26,30)/t14-/m1/s1. The van der Waals surface area contributed by atoms with Gasteiger partial charge in [0, 0.05) is 16.6 Å². The van der Waals surface area contributed by atoms with Gasteiger partial charge in [-0.3, -0.25) is 29.6 Å². The molecule has 3 rings (SSSR count). The number of hydrogen-bond donors (Lipinski definition) is 2. The summed E-state index contributed by atoms with van der Waals surface area (Å²) in [6.45, 7) is 3.21. The highest BCUT2D eigenvalue weighted by atomic mass is 79.9. The van der Waals surface area contributed by atoms with Gasteiger partial charge >= 0.3 is 5.97 Å². The lowest BCUT2D eigenvalue weighted by Gasteiger charge is -2.18. The van der Waals surface area contributed by atoms with Crippen LogP contribution in [0.3, 0.4) is 0 Å². The van der Waals surface area contributed by atoms with Crippen LogP contribution in [0.5, 0.6) is 0 Å². The largest absolute Gasteiger partial charge is 0.455 e. The van der Waals surface area contributed by atoms with Crippen molar-refractivity contribution in [3.63, 3.8) is 0 Å². The maximum Gasteiger partial charge on any atom is 0.311 e. The Kier molecular flexibility index (Phi) is 7.52. The molecule has 1 aliphatic rings. The van der Waals surface area contributed by atoms with E-state index in [0.29, 0.717) is 5.69 Å². The summed E-state index contributed by atoms with van der Waals surface area (Å²) < 4.78 is 6.01. The van der Waals surface area contributed by atoms with E-state index in [1.165, 1.54) is 6.07 Å². The van der Waals surface area contributed by atoms with Crippen LogP contribution in [0.4, 0.5) is 5.69 Å². The molecule has 10 heteroatoms. The van der Waals surface area contributed by atoms with Gasteiger partial charge in [0.15, 0.2) is 6.61 Å². The molecule has 0 radical (unpaired) electrons. The Balaban J connectivity index is 1.51. The van der Waals surface area contributed by atoms with Crippen molar-refractivity contribution in [1.29, 1.82) is 0 Å². The van der Waals surface area contributed by atoms with Crippen LogP contribution >= 0.6 is 27.5 Å². The number of carbonyl (C=O) groups is 4. The number of rotatable bonds is 6. The number of ether oxygens (including phenoxy) is 1. The number of aryl methyl sites for hydroxylation is 2. The van der Waals surface area contributed by atoms with E-state index in [1.807, 2.05) is 26.0 Å². The SMILES string of the molecule is Cc1cc(NC(=O)COC(=O)[C@@H]2CC(=O)N(NC(=O)c3ccccc3Cl)C2)c(C)cc1Br. The molecule has 8 nitrogen and oxygen atoms in total. The first-order chi connectivity index (χ1) is 15.2. The fourth-order valence-electron chi connectivity index (χ4n) is 3.16. The van der Waals surface area contributed by atoms with Crippen molar-refractivity contribution in [2.75, 3.05) is 18.5 Å². The third-order valence-electron chi connectivity index (χ3n) is 4.94. The lowest BCUT2D eigenvalue weighted by atomic mass is 10.1. The topological polar surface area (TPSA) is 105 Å². The maximum atomic E-state index is 12.3. The minimum absolute atomic E-state index is 0.0551. The van der Waals surface area contributed by atoms with Crippen LogP contribution in [0.1, 0.15) is 27.9 Å². The number of anilines is 1. The van der Waals surface area contributed by atoms with Gasteiger partial charge in [-0.2, -0.15) is 0 Å². The first kappa shape index (κ1) is 23.7. The van der Waals surface area contributed by atoms with Crippen LogP contribution in [-0.4, -0.2) is 41.9 Å². The second-order valence-corrected chi connectivity index (χ2v) is 8.66. The van der Waals surface area contributed by atoms with E-state index in [1.54, 1.807) is 18.2 Å². The summed E-state index contributed by atoms with van der Waals surface area (Å²) >= 11 is 9.43. The summed E-state index contributed by atoms with van der Waals surface area (Å²) in [7, 11) is 0. The molecule has 0 aliphatic carbocycles. The minimum atomic E-state index is -0.793. The van der Waals surface area contributed by atoms with Crippen LogP contribution in [0.15, 0.2) is 40.9 Å². The molecule has 1 heterocycles. The van der Waals surface area contributed by atoms with Gasteiger partial charge in [0.1, 0.15) is 0 Å². The molecule has 0 saturated carbocycles. The first-order valence-corrected chi connectivity index (χ1v) is 10.9. The lowest BCUT2D eigenvalue weighted by Crippen LogP contribution is -2.43. The molecule has 2 aromatic rings. The number of esters is 1. The summed E-state index contributed by atoms with van der Waals surface area (Å²) in [6, 6.07) is 10.1. The summed E-state index contributed by atoms with van der Waals surface area (Å²) in [4.78, 5) is 49.1. The molecule has 0 aromatic heterocycles. The van der Waals surface area contributed by atoms with E-state index in [2.05, 4.69) is 26.7 Å². The Morgan fingerprint density at radius 3 is 2.62 bits per heavy atom. The number of hydrogen-bond acceptors (Lipinski definition) is 5. The summed E-state index contributed by atoms with van der Waals surface area (Å²) in [5, 5.41) is 4.01. The fraction of sp³-hybridized carbons (Fsp3) is 0.273. The van der Waals surface area contributed by atoms with Gasteiger partial charge in [0.05, 0.1) is 23.0 Å². The highest BCUT2D eigenvalue weighted by Crippen LogP contribution is 2.24. The van der Waals surface area contributed by atoms with E-state index >= 15 is 0 Å². The van der Waals surface area contributed by atoms with Crippen molar-refractivity contribution >= 4 is 56.9 Å². The molecule has 2 aromatic carbocycles. The third-order valence-corrected chi connectivity index (χ3v) is 6.12. The number of carbonyl (C=O) groups excluding carboxylic acids is 4. The number of nitrogens with one attached hydrogen (secondary N) is 2. The summed E-state index contributed by atoms with van der Waals surface area (Å²) in [6.07, 6.45) is -0.131. The second kappa shape index (κ2) is 10.1. The Hall–Kier alpha value is -2.91. The van der Waals surface area contributed by atoms with Gasteiger partial charge in [0.2, 0.25) is 5.91 Å². The van der Waals surface area contributed by atoms with Crippen LogP contribution in [0, 0.1) is 19.8 Å². The van der Waals surface area contributed by atoms with Crippen LogP contribution in [-0.2, 0) is 19.1 Å². The second-order valence-electron chi connectivity index (χ2n) is 7.40. The van der Waals surface area contributed by atoms with Crippen LogP contribution in [0.25, 0.3) is 0 Å². The molecule has 32 heavy (non-hydrogen) atoms. The van der Waals surface area contributed by atoms with Gasteiger partial charge in [-0.15, -0.1) is 0 Å². The molecule has 168 valence electrons. The fourth-order valence-corrected chi connectivity index (χ4v) is 3.84. The highest BCUT2D eigenvalue weighted by molar-refractivity contribution is 9.10. The van der Waals surface area contributed by atoms with Gasteiger partial charge in [-0.1, -0.05) is 39.7 Å². The third kappa shape index (κ3) is 5.66. The van der Waals surface area contributed by atoms with E-state index in [-0.39, 0.29) is 23.6 Å². The van der Waals surface area contributed by atoms with E-state index in [4.69, 9.17) is 16.3 Å². The molecule has 3 amide bonds. The van der Waals surface area contributed by atoms with Crippen LogP contribution < -0.4 is 10.7 Å². The molecule has 1 fully saturated rings. The lowest BCUT2D eigenvalue weighted by molar-refractivity contribution is -0.151. The molecule has 0 bridgehead atoms. The zero-order valence-electron chi connectivity index (χ0n) is 17.4. The Labute approximate surface area is 198 Å². The monoisotopic (exact) mass is 521 g/mol. The summed E-state index contributed by atoms with van der Waals surface area (Å²) in [5.41, 5.74) is 5.09. The molecule has 2 N–H and O–H groups in total. The zero-order valence-corrected chi connectivity index (χ0v) is 19.7. The molecule has 1 saturated heterocycles. The Bertz CT molecular complexity index is 1090. The van der Waals surface area contributed by atoms with Crippen molar-refractivity contribution in [3.8, 4) is 0 Å². The molecule has 0 unspecified atom stereocenters. The minimum Gasteiger partial charge on any atom is -0.455 e. The van der Waals surface area contributed by atoms with Crippen molar-refractivity contribution in [2.45, 2.75) is 20.3 Å². The summed E-state index contributed by atoms with van der Waals surface area (Å²) in [5.74, 6) is -2.96. The number of benzene rings is 2. The molecular weight excluding hydrogens is 502 g/mol. The number of hydrazine groups is 1. The van der Waals surface area contributed by atoms with Gasteiger partial charge < -0.3 is 10.1 Å². The van der Waals surface area contributed by atoms with Gasteiger partial charge in [0.25, 0.3) is 11.8 Å². The average Bonchev–Trinajstić information content (AvgIpc) is 3.10. The quantitative estimate of drug-likeness (QED) is 0.566. The number of halogens is 2. The maximum absolute atomic E-state index is 12.3. The number of amides is 3. The van der Waals surface area contributed by atoms with Crippen molar-refractivity contribution < 1.29 is 23.9 Å². The van der Waals surface area contributed by atoms with Crippen LogP contribution in [0.2, 0.25) is 5.02 Å².